The van der Waals surface area contributed by atoms with Crippen LogP contribution in [0, 0.1) is 0 Å². The molecule has 0 saturated carbocycles. The molecule has 2 N–H and O–H groups in total. The fourth-order valence-corrected chi connectivity index (χ4v) is 7.32. The zero-order valence-corrected chi connectivity index (χ0v) is 20.6. The Morgan fingerprint density at radius 2 is 1.67 bits per heavy atom. The molecule has 0 spiro atoms. The number of morpholine rings is 1. The Morgan fingerprint density at radius 3 is 2.30 bits per heavy atom. The lowest BCUT2D eigenvalue weighted by Gasteiger charge is -2.34. The number of carbonyl (C=O) groups excluding carboxylic acids is 2. The summed E-state index contributed by atoms with van der Waals surface area (Å²) in [6, 6.07) is 5.91. The first kappa shape index (κ1) is 23.9. The lowest BCUT2D eigenvalue weighted by Crippen LogP contribution is -2.48. The topological polar surface area (TPSA) is 105 Å². The van der Waals surface area contributed by atoms with Crippen LogP contribution in [0.3, 0.4) is 0 Å². The summed E-state index contributed by atoms with van der Waals surface area (Å²) in [5, 5.41) is 6.08. The Kier molecular flexibility index (Phi) is 6.90. The number of hydrogen-bond donors (Lipinski definition) is 2. The number of ether oxygens (including phenoxy) is 1. The first-order valence-corrected chi connectivity index (χ1v) is 13.4. The predicted octanol–water partition coefficient (Wildman–Crippen LogP) is 3.04. The Morgan fingerprint density at radius 1 is 1.03 bits per heavy atom. The van der Waals surface area contributed by atoms with Crippen LogP contribution < -0.4 is 10.6 Å². The average molecular weight is 492 g/mol. The Hall–Kier alpha value is -2.27. The van der Waals surface area contributed by atoms with Crippen LogP contribution in [0.2, 0.25) is 0 Å². The van der Waals surface area contributed by atoms with E-state index in [1.165, 1.54) is 39.9 Å². The van der Waals surface area contributed by atoms with E-state index in [-0.39, 0.29) is 28.9 Å². The second-order valence-corrected chi connectivity index (χ2v) is 11.6. The Labute approximate surface area is 198 Å². The molecule has 4 rings (SSSR count). The number of hydrogen-bond acceptors (Lipinski definition) is 6. The summed E-state index contributed by atoms with van der Waals surface area (Å²) in [5.41, 5.74) is 1.89. The summed E-state index contributed by atoms with van der Waals surface area (Å²) in [4.78, 5) is 26.7. The van der Waals surface area contributed by atoms with Crippen LogP contribution in [0.4, 0.5) is 5.00 Å². The smallest absolute Gasteiger partial charge is 0.256 e. The molecule has 2 aromatic rings. The fraction of sp³-hybridized carbons (Fsp3) is 0.478. The molecule has 0 bridgehead atoms. The number of sulfonamides is 1. The molecule has 10 heteroatoms. The van der Waals surface area contributed by atoms with Gasteiger partial charge in [0.15, 0.2) is 0 Å². The van der Waals surface area contributed by atoms with Gasteiger partial charge >= 0.3 is 0 Å². The maximum atomic E-state index is 13.0. The number of anilines is 1. The van der Waals surface area contributed by atoms with E-state index in [0.29, 0.717) is 29.2 Å². The second-order valence-electron chi connectivity index (χ2n) is 8.55. The first-order valence-electron chi connectivity index (χ1n) is 11.1. The van der Waals surface area contributed by atoms with Gasteiger partial charge in [-0.2, -0.15) is 4.31 Å². The molecule has 2 amide bonds. The van der Waals surface area contributed by atoms with Crippen molar-refractivity contribution in [2.24, 2.45) is 0 Å². The van der Waals surface area contributed by atoms with Crippen LogP contribution in [0.25, 0.3) is 0 Å². The largest absolute Gasteiger partial charge is 0.373 e. The zero-order chi connectivity index (χ0) is 23.8. The number of carbonyl (C=O) groups is 2. The first-order chi connectivity index (χ1) is 15.7. The second kappa shape index (κ2) is 9.54. The van der Waals surface area contributed by atoms with Crippen molar-refractivity contribution in [3.05, 3.63) is 45.8 Å². The van der Waals surface area contributed by atoms with Crippen LogP contribution in [-0.2, 0) is 27.6 Å². The van der Waals surface area contributed by atoms with Crippen molar-refractivity contribution >= 4 is 38.2 Å². The molecule has 8 nitrogen and oxygen atoms in total. The van der Waals surface area contributed by atoms with Crippen molar-refractivity contribution in [1.82, 2.24) is 9.62 Å². The maximum Gasteiger partial charge on any atom is 0.256 e. The van der Waals surface area contributed by atoms with Crippen molar-refractivity contribution in [2.45, 2.75) is 56.6 Å². The van der Waals surface area contributed by atoms with Gasteiger partial charge in [-0.1, -0.05) is 0 Å². The highest BCUT2D eigenvalue weighted by Crippen LogP contribution is 2.38. The normalized spacial score (nSPS) is 21.3. The van der Waals surface area contributed by atoms with E-state index in [9.17, 15) is 18.0 Å². The molecule has 2 heterocycles. The Bertz CT molecular complexity index is 1150. The van der Waals surface area contributed by atoms with Gasteiger partial charge in [-0.25, -0.2) is 8.42 Å². The number of amides is 2. The minimum absolute atomic E-state index is 0.137. The maximum absolute atomic E-state index is 13.0. The number of nitrogens with one attached hydrogen (secondary N) is 2. The van der Waals surface area contributed by atoms with Crippen LogP contribution in [-0.4, -0.2) is 56.9 Å². The molecule has 0 radical (unpaired) electrons. The molecule has 2 aliphatic rings. The van der Waals surface area contributed by atoms with Crippen molar-refractivity contribution in [2.75, 3.05) is 25.5 Å². The molecule has 1 aliphatic carbocycles. The SMILES string of the molecule is CNC(=O)c1c(NC(=O)c2ccc(S(=O)(=O)N3CC(C)OC(C)C3)cc2)sc2c1CCCC2. The van der Waals surface area contributed by atoms with E-state index in [1.54, 1.807) is 7.05 Å². The summed E-state index contributed by atoms with van der Waals surface area (Å²) in [7, 11) is -2.10. The molecule has 2 unspecified atom stereocenters. The van der Waals surface area contributed by atoms with E-state index in [0.717, 1.165) is 36.1 Å². The van der Waals surface area contributed by atoms with E-state index >= 15 is 0 Å². The molecular formula is C23H29N3O5S2. The van der Waals surface area contributed by atoms with Gasteiger partial charge < -0.3 is 15.4 Å². The monoisotopic (exact) mass is 491 g/mol. The lowest BCUT2D eigenvalue weighted by atomic mass is 9.95. The molecule has 1 aromatic heterocycles. The zero-order valence-electron chi connectivity index (χ0n) is 19.0. The number of benzene rings is 1. The summed E-state index contributed by atoms with van der Waals surface area (Å²) < 4.78 is 33.1. The fourth-order valence-electron chi connectivity index (χ4n) is 4.45. The minimum Gasteiger partial charge on any atom is -0.373 e. The van der Waals surface area contributed by atoms with Crippen molar-refractivity contribution in [1.29, 1.82) is 0 Å². The third-order valence-corrected chi connectivity index (χ3v) is 9.05. The van der Waals surface area contributed by atoms with Gasteiger partial charge in [0.1, 0.15) is 5.00 Å². The third-order valence-electron chi connectivity index (χ3n) is 5.99. The summed E-state index contributed by atoms with van der Waals surface area (Å²) >= 11 is 1.45. The van der Waals surface area contributed by atoms with E-state index in [2.05, 4.69) is 10.6 Å². The van der Waals surface area contributed by atoms with Crippen LogP contribution >= 0.6 is 11.3 Å². The molecule has 1 aliphatic heterocycles. The van der Waals surface area contributed by atoms with Gasteiger partial charge in [-0.05, 0) is 69.4 Å². The molecule has 1 fully saturated rings. The average Bonchev–Trinajstić information content (AvgIpc) is 3.15. The third kappa shape index (κ3) is 4.84. The number of fused-ring (bicyclic) bond motifs is 1. The molecular weight excluding hydrogens is 462 g/mol. The van der Waals surface area contributed by atoms with E-state index in [1.807, 2.05) is 13.8 Å². The van der Waals surface area contributed by atoms with Crippen LogP contribution in [0.15, 0.2) is 29.2 Å². The molecule has 33 heavy (non-hydrogen) atoms. The van der Waals surface area contributed by atoms with E-state index < -0.39 is 10.0 Å². The molecule has 178 valence electrons. The molecule has 2 atom stereocenters. The highest BCUT2D eigenvalue weighted by molar-refractivity contribution is 7.89. The number of rotatable bonds is 5. The molecule has 1 aromatic carbocycles. The summed E-state index contributed by atoms with van der Waals surface area (Å²) in [6.45, 7) is 4.28. The highest BCUT2D eigenvalue weighted by atomic mass is 32.2. The quantitative estimate of drug-likeness (QED) is 0.669. The van der Waals surface area contributed by atoms with Crippen molar-refractivity contribution < 1.29 is 22.7 Å². The Balaban J connectivity index is 1.54. The number of thiophene rings is 1. The van der Waals surface area contributed by atoms with Gasteiger partial charge in [-0.3, -0.25) is 9.59 Å². The molecule has 1 saturated heterocycles. The van der Waals surface area contributed by atoms with Gasteiger partial charge in [0, 0.05) is 30.6 Å². The number of nitrogens with zero attached hydrogens (tertiary/aromatic N) is 1. The number of aryl methyl sites for hydroxylation is 1. The predicted molar refractivity (Wildman–Crippen MR) is 128 cm³/mol. The van der Waals surface area contributed by atoms with Gasteiger partial charge in [0.05, 0.1) is 22.7 Å². The van der Waals surface area contributed by atoms with Crippen molar-refractivity contribution in [3.8, 4) is 0 Å². The van der Waals surface area contributed by atoms with Gasteiger partial charge in [0.2, 0.25) is 10.0 Å². The minimum atomic E-state index is -3.68. The standard InChI is InChI=1S/C23H29N3O5S2/c1-14-12-26(13-15(2)31-14)33(29,30)17-10-8-16(9-11-17)21(27)25-23-20(22(28)24-3)18-6-4-5-7-19(18)32-23/h8-11,14-15H,4-7,12-13H2,1-3H3,(H,24,28)(H,25,27). The van der Waals surface area contributed by atoms with Gasteiger partial charge in [-0.15, -0.1) is 11.3 Å². The van der Waals surface area contributed by atoms with Crippen molar-refractivity contribution in [3.63, 3.8) is 0 Å². The highest BCUT2D eigenvalue weighted by Gasteiger charge is 2.32. The summed E-state index contributed by atoms with van der Waals surface area (Å²) in [5.74, 6) is -0.587. The summed E-state index contributed by atoms with van der Waals surface area (Å²) in [6.07, 6.45) is 3.48. The van der Waals surface area contributed by atoms with E-state index in [4.69, 9.17) is 4.74 Å². The lowest BCUT2D eigenvalue weighted by molar-refractivity contribution is -0.0440. The van der Waals surface area contributed by atoms with Crippen LogP contribution in [0.5, 0.6) is 0 Å². The van der Waals surface area contributed by atoms with Crippen LogP contribution in [0.1, 0.15) is 57.8 Å². The van der Waals surface area contributed by atoms with Gasteiger partial charge in [0.25, 0.3) is 11.8 Å².